The molecule has 0 bridgehead atoms. The van der Waals surface area contributed by atoms with Crippen molar-refractivity contribution in [3.63, 3.8) is 0 Å². The second kappa shape index (κ2) is 6.20. The Morgan fingerprint density at radius 2 is 2.28 bits per heavy atom. The van der Waals surface area contributed by atoms with Crippen LogP contribution in [-0.4, -0.2) is 18.6 Å². The average molecular weight is 313 g/mol. The Kier molecular flexibility index (Phi) is 4.60. The number of nitrogens with two attached hydrogens (primary N) is 1. The smallest absolute Gasteiger partial charge is 0.220 e. The quantitative estimate of drug-likeness (QED) is 0.809. The van der Waals surface area contributed by atoms with Crippen molar-refractivity contribution in [2.45, 2.75) is 31.8 Å². The van der Waals surface area contributed by atoms with Crippen LogP contribution in [0.25, 0.3) is 0 Å². The van der Waals surface area contributed by atoms with Gasteiger partial charge in [0.25, 0.3) is 0 Å². The van der Waals surface area contributed by atoms with Crippen molar-refractivity contribution in [3.8, 4) is 5.75 Å². The Balaban J connectivity index is 1.97. The predicted molar refractivity (Wildman–Crippen MR) is 73.3 cm³/mol. The largest absolute Gasteiger partial charge is 0.492 e. The van der Waals surface area contributed by atoms with Crippen LogP contribution in [-0.2, 0) is 11.3 Å². The molecule has 5 heteroatoms. The first-order chi connectivity index (χ1) is 8.66. The van der Waals surface area contributed by atoms with Crippen molar-refractivity contribution >= 4 is 21.8 Å². The van der Waals surface area contributed by atoms with E-state index in [1.807, 2.05) is 18.2 Å². The molecule has 0 aliphatic heterocycles. The van der Waals surface area contributed by atoms with Crippen LogP contribution in [0.2, 0.25) is 0 Å². The Morgan fingerprint density at radius 1 is 1.50 bits per heavy atom. The Bertz CT molecular complexity index is 433. The van der Waals surface area contributed by atoms with Crippen molar-refractivity contribution in [1.82, 2.24) is 5.32 Å². The molecule has 98 valence electrons. The summed E-state index contributed by atoms with van der Waals surface area (Å²) in [5.74, 6) is 0.451. The molecule has 1 amide bonds. The van der Waals surface area contributed by atoms with E-state index in [9.17, 15) is 4.79 Å². The summed E-state index contributed by atoms with van der Waals surface area (Å²) in [4.78, 5) is 10.7. The standard InChI is InChI=1S/C13H17BrN2O2/c14-11-3-1-2-9(8-16-10-4-5-10)13(11)18-7-6-12(15)17/h1-3,10,16H,4-8H2,(H2,15,17). The first kappa shape index (κ1) is 13.4. The van der Waals surface area contributed by atoms with Crippen LogP contribution in [0.4, 0.5) is 0 Å². The molecule has 2 rings (SSSR count). The van der Waals surface area contributed by atoms with Gasteiger partial charge in [0.05, 0.1) is 17.5 Å². The highest BCUT2D eigenvalue weighted by atomic mass is 79.9. The van der Waals surface area contributed by atoms with Gasteiger partial charge in [0.2, 0.25) is 5.91 Å². The number of amides is 1. The third-order valence-corrected chi connectivity index (χ3v) is 3.43. The number of hydrogen-bond acceptors (Lipinski definition) is 3. The lowest BCUT2D eigenvalue weighted by atomic mass is 10.2. The van der Waals surface area contributed by atoms with E-state index in [-0.39, 0.29) is 12.3 Å². The number of nitrogens with one attached hydrogen (secondary N) is 1. The summed E-state index contributed by atoms with van der Waals surface area (Å²) in [7, 11) is 0. The summed E-state index contributed by atoms with van der Waals surface area (Å²) < 4.78 is 6.55. The summed E-state index contributed by atoms with van der Waals surface area (Å²) in [6.07, 6.45) is 2.74. The maximum atomic E-state index is 10.7. The van der Waals surface area contributed by atoms with Crippen LogP contribution in [0.5, 0.6) is 5.75 Å². The third-order valence-electron chi connectivity index (χ3n) is 2.80. The van der Waals surface area contributed by atoms with Gasteiger partial charge in [0.15, 0.2) is 0 Å². The highest BCUT2D eigenvalue weighted by molar-refractivity contribution is 9.10. The van der Waals surface area contributed by atoms with E-state index in [0.29, 0.717) is 12.6 Å². The number of hydrogen-bond donors (Lipinski definition) is 2. The number of primary amides is 1. The number of rotatable bonds is 7. The van der Waals surface area contributed by atoms with Gasteiger partial charge in [-0.2, -0.15) is 0 Å². The number of ether oxygens (including phenoxy) is 1. The fraction of sp³-hybridized carbons (Fsp3) is 0.462. The fourth-order valence-electron chi connectivity index (χ4n) is 1.65. The molecule has 3 N–H and O–H groups in total. The van der Waals surface area contributed by atoms with Crippen LogP contribution in [0.3, 0.4) is 0 Å². The van der Waals surface area contributed by atoms with Crippen molar-refractivity contribution in [3.05, 3.63) is 28.2 Å². The summed E-state index contributed by atoms with van der Waals surface area (Å²) >= 11 is 3.47. The van der Waals surface area contributed by atoms with Crippen LogP contribution >= 0.6 is 15.9 Å². The average Bonchev–Trinajstić information content (AvgIpc) is 3.12. The van der Waals surface area contributed by atoms with Crippen LogP contribution in [0.15, 0.2) is 22.7 Å². The Hall–Kier alpha value is -1.07. The minimum absolute atomic E-state index is 0.233. The molecule has 0 heterocycles. The zero-order valence-corrected chi connectivity index (χ0v) is 11.7. The second-order valence-corrected chi connectivity index (χ2v) is 5.30. The molecule has 0 spiro atoms. The molecular weight excluding hydrogens is 296 g/mol. The maximum absolute atomic E-state index is 10.7. The number of carbonyl (C=O) groups is 1. The van der Waals surface area contributed by atoms with Crippen molar-refractivity contribution < 1.29 is 9.53 Å². The lowest BCUT2D eigenvalue weighted by Gasteiger charge is -2.13. The molecule has 0 radical (unpaired) electrons. The van der Waals surface area contributed by atoms with Gasteiger partial charge in [-0.3, -0.25) is 4.79 Å². The van der Waals surface area contributed by atoms with Gasteiger partial charge in [-0.05, 0) is 34.8 Å². The van der Waals surface area contributed by atoms with Crippen molar-refractivity contribution in [2.24, 2.45) is 5.73 Å². The minimum Gasteiger partial charge on any atom is -0.492 e. The van der Waals surface area contributed by atoms with E-state index in [4.69, 9.17) is 10.5 Å². The molecule has 0 atom stereocenters. The molecule has 1 saturated carbocycles. The minimum atomic E-state index is -0.347. The third kappa shape index (κ3) is 3.99. The lowest BCUT2D eigenvalue weighted by Crippen LogP contribution is -2.18. The van der Waals surface area contributed by atoms with Gasteiger partial charge >= 0.3 is 0 Å². The Labute approximate surface area is 115 Å². The first-order valence-electron chi connectivity index (χ1n) is 6.08. The van der Waals surface area contributed by atoms with Gasteiger partial charge in [-0.15, -0.1) is 0 Å². The normalized spacial score (nSPS) is 14.5. The SMILES string of the molecule is NC(=O)CCOc1c(Br)cccc1CNC1CC1. The number of carbonyl (C=O) groups excluding carboxylic acids is 1. The molecule has 1 aromatic carbocycles. The molecule has 4 nitrogen and oxygen atoms in total. The van der Waals surface area contributed by atoms with Crippen LogP contribution in [0, 0.1) is 0 Å². The molecule has 1 aliphatic rings. The van der Waals surface area contributed by atoms with Gasteiger partial charge in [-0.1, -0.05) is 12.1 Å². The van der Waals surface area contributed by atoms with E-state index in [0.717, 1.165) is 22.3 Å². The molecule has 1 fully saturated rings. The predicted octanol–water partition coefficient (Wildman–Crippen LogP) is 1.96. The summed E-state index contributed by atoms with van der Waals surface area (Å²) in [5, 5.41) is 3.45. The maximum Gasteiger partial charge on any atom is 0.220 e. The van der Waals surface area contributed by atoms with Crippen molar-refractivity contribution in [2.75, 3.05) is 6.61 Å². The van der Waals surface area contributed by atoms with E-state index in [1.165, 1.54) is 12.8 Å². The zero-order chi connectivity index (χ0) is 13.0. The van der Waals surface area contributed by atoms with Crippen LogP contribution in [0.1, 0.15) is 24.8 Å². The number of para-hydroxylation sites is 1. The number of halogens is 1. The summed E-state index contributed by atoms with van der Waals surface area (Å²) in [6, 6.07) is 6.59. The van der Waals surface area contributed by atoms with Gasteiger partial charge in [-0.25, -0.2) is 0 Å². The van der Waals surface area contributed by atoms with E-state index in [2.05, 4.69) is 21.2 Å². The molecule has 0 unspecified atom stereocenters. The summed E-state index contributed by atoms with van der Waals surface area (Å²) in [6.45, 7) is 1.10. The zero-order valence-electron chi connectivity index (χ0n) is 10.1. The Morgan fingerprint density at radius 3 is 2.94 bits per heavy atom. The molecule has 18 heavy (non-hydrogen) atoms. The van der Waals surface area contributed by atoms with Gasteiger partial charge in [0.1, 0.15) is 5.75 Å². The first-order valence-corrected chi connectivity index (χ1v) is 6.88. The van der Waals surface area contributed by atoms with Crippen molar-refractivity contribution in [1.29, 1.82) is 0 Å². The number of benzene rings is 1. The van der Waals surface area contributed by atoms with Gasteiger partial charge in [0, 0.05) is 18.2 Å². The molecule has 0 aromatic heterocycles. The summed E-state index contributed by atoms with van der Waals surface area (Å²) in [5.41, 5.74) is 6.19. The highest BCUT2D eigenvalue weighted by Gasteiger charge is 2.21. The molecule has 0 saturated heterocycles. The second-order valence-electron chi connectivity index (χ2n) is 4.45. The van der Waals surface area contributed by atoms with E-state index < -0.39 is 0 Å². The fourth-order valence-corrected chi connectivity index (χ4v) is 2.17. The topological polar surface area (TPSA) is 64.4 Å². The van der Waals surface area contributed by atoms with E-state index >= 15 is 0 Å². The molecular formula is C13H17BrN2O2. The highest BCUT2D eigenvalue weighted by Crippen LogP contribution is 2.30. The monoisotopic (exact) mass is 312 g/mol. The van der Waals surface area contributed by atoms with E-state index in [1.54, 1.807) is 0 Å². The molecule has 1 aliphatic carbocycles. The van der Waals surface area contributed by atoms with Crippen LogP contribution < -0.4 is 15.8 Å². The molecule has 1 aromatic rings. The van der Waals surface area contributed by atoms with Gasteiger partial charge < -0.3 is 15.8 Å². The lowest BCUT2D eigenvalue weighted by molar-refractivity contribution is -0.118.